The summed E-state index contributed by atoms with van der Waals surface area (Å²) in [7, 11) is 1.82. The van der Waals surface area contributed by atoms with E-state index < -0.39 is 11.6 Å². The number of carboxylic acid groups (broad SMARTS) is 1. The predicted octanol–water partition coefficient (Wildman–Crippen LogP) is 2.40. The van der Waals surface area contributed by atoms with Crippen molar-refractivity contribution in [2.45, 2.75) is 51.2 Å². The number of aromatic carboxylic acids is 1. The van der Waals surface area contributed by atoms with Crippen molar-refractivity contribution in [1.29, 1.82) is 0 Å². The summed E-state index contributed by atoms with van der Waals surface area (Å²) in [4.78, 5) is 35.4. The molecule has 2 aliphatic rings. The van der Waals surface area contributed by atoms with E-state index in [0.29, 0.717) is 11.7 Å². The van der Waals surface area contributed by atoms with E-state index in [0.717, 1.165) is 32.4 Å². The van der Waals surface area contributed by atoms with E-state index in [1.807, 2.05) is 27.8 Å². The first-order valence-electron chi connectivity index (χ1n) is 8.89. The third-order valence-electron chi connectivity index (χ3n) is 5.23. The molecule has 26 heavy (non-hydrogen) atoms. The van der Waals surface area contributed by atoms with Crippen LogP contribution in [0.4, 0.5) is 10.6 Å². The van der Waals surface area contributed by atoms with Crippen molar-refractivity contribution in [3.8, 4) is 0 Å². The second-order valence-electron chi connectivity index (χ2n) is 8.14. The lowest BCUT2D eigenvalue weighted by Crippen LogP contribution is -2.47. The zero-order valence-corrected chi connectivity index (χ0v) is 15.7. The Morgan fingerprint density at radius 1 is 1.31 bits per heavy atom. The summed E-state index contributed by atoms with van der Waals surface area (Å²) in [5.41, 5.74) is -0.719. The molecule has 1 saturated carbocycles. The third-order valence-corrected chi connectivity index (χ3v) is 5.23. The van der Waals surface area contributed by atoms with E-state index in [-0.39, 0.29) is 17.3 Å². The van der Waals surface area contributed by atoms with E-state index in [2.05, 4.69) is 14.9 Å². The van der Waals surface area contributed by atoms with Crippen LogP contribution in [-0.4, -0.2) is 63.3 Å². The Balaban J connectivity index is 1.66. The molecule has 1 aromatic heterocycles. The molecule has 1 amide bonds. The van der Waals surface area contributed by atoms with Gasteiger partial charge in [0.1, 0.15) is 11.4 Å². The smallest absolute Gasteiger partial charge is 0.410 e. The molecule has 1 saturated heterocycles. The molecule has 0 spiro atoms. The molecule has 3 rings (SSSR count). The molecule has 1 N–H and O–H groups in total. The SMILES string of the molecule is CN(C(=O)OC(C)(C)C)C1(C2CCN(c3cnc(C(=O)O)cn3)C2)CC1. The molecule has 0 radical (unpaired) electrons. The van der Waals surface area contributed by atoms with Gasteiger partial charge in [0, 0.05) is 26.1 Å². The Morgan fingerprint density at radius 3 is 2.50 bits per heavy atom. The Labute approximate surface area is 153 Å². The van der Waals surface area contributed by atoms with Crippen LogP contribution < -0.4 is 4.90 Å². The maximum absolute atomic E-state index is 12.5. The van der Waals surface area contributed by atoms with E-state index in [4.69, 9.17) is 9.84 Å². The molecule has 1 aromatic rings. The zero-order valence-electron chi connectivity index (χ0n) is 15.7. The summed E-state index contributed by atoms with van der Waals surface area (Å²) in [6.07, 6.45) is 5.41. The minimum Gasteiger partial charge on any atom is -0.476 e. The van der Waals surface area contributed by atoms with Crippen LogP contribution in [0.2, 0.25) is 0 Å². The van der Waals surface area contributed by atoms with Gasteiger partial charge in [-0.3, -0.25) is 0 Å². The van der Waals surface area contributed by atoms with Crippen LogP contribution in [0.5, 0.6) is 0 Å². The van der Waals surface area contributed by atoms with Crippen LogP contribution in [0.15, 0.2) is 12.4 Å². The first kappa shape index (κ1) is 18.4. The molecular formula is C18H26N4O4. The van der Waals surface area contributed by atoms with Crippen molar-refractivity contribution in [2.75, 3.05) is 25.0 Å². The van der Waals surface area contributed by atoms with Crippen molar-refractivity contribution in [3.05, 3.63) is 18.1 Å². The standard InChI is InChI=1S/C18H26N4O4/c1-17(2,3)26-16(25)21(4)18(6-7-18)12-5-8-22(11-12)14-10-19-13(9-20-14)15(23)24/h9-10,12H,5-8,11H2,1-4H3,(H,23,24). The Bertz CT molecular complexity index is 694. The van der Waals surface area contributed by atoms with Crippen LogP contribution in [0.3, 0.4) is 0 Å². The number of carbonyl (C=O) groups excluding carboxylic acids is 1. The number of anilines is 1. The number of carbonyl (C=O) groups is 2. The van der Waals surface area contributed by atoms with Crippen molar-refractivity contribution in [1.82, 2.24) is 14.9 Å². The van der Waals surface area contributed by atoms with Gasteiger partial charge in [-0.05, 0) is 40.0 Å². The molecule has 2 heterocycles. The lowest BCUT2D eigenvalue weighted by atomic mass is 9.95. The van der Waals surface area contributed by atoms with Gasteiger partial charge in [-0.15, -0.1) is 0 Å². The highest BCUT2D eigenvalue weighted by atomic mass is 16.6. The molecule has 2 fully saturated rings. The Kier molecular flexibility index (Phi) is 4.54. The first-order chi connectivity index (χ1) is 12.1. The van der Waals surface area contributed by atoms with Crippen LogP contribution in [0.25, 0.3) is 0 Å². The van der Waals surface area contributed by atoms with E-state index in [9.17, 15) is 9.59 Å². The molecule has 0 bridgehead atoms. The second-order valence-corrected chi connectivity index (χ2v) is 8.14. The van der Waals surface area contributed by atoms with E-state index in [1.165, 1.54) is 12.4 Å². The molecule has 0 aromatic carbocycles. The minimum absolute atomic E-state index is 0.0622. The van der Waals surface area contributed by atoms with Crippen molar-refractivity contribution in [2.24, 2.45) is 5.92 Å². The fraction of sp³-hybridized carbons (Fsp3) is 0.667. The topological polar surface area (TPSA) is 95.9 Å². The lowest BCUT2D eigenvalue weighted by molar-refractivity contribution is 0.0134. The molecular weight excluding hydrogens is 336 g/mol. The van der Waals surface area contributed by atoms with Crippen LogP contribution in [-0.2, 0) is 4.74 Å². The van der Waals surface area contributed by atoms with Gasteiger partial charge in [-0.1, -0.05) is 0 Å². The fourth-order valence-corrected chi connectivity index (χ4v) is 3.66. The maximum Gasteiger partial charge on any atom is 0.410 e. The van der Waals surface area contributed by atoms with Gasteiger partial charge in [-0.2, -0.15) is 0 Å². The number of aromatic nitrogens is 2. The van der Waals surface area contributed by atoms with Gasteiger partial charge in [0.25, 0.3) is 0 Å². The summed E-state index contributed by atoms with van der Waals surface area (Å²) in [5, 5.41) is 8.93. The number of hydrogen-bond acceptors (Lipinski definition) is 6. The molecule has 1 aliphatic carbocycles. The highest BCUT2D eigenvalue weighted by Gasteiger charge is 2.56. The third kappa shape index (κ3) is 3.59. The van der Waals surface area contributed by atoms with Gasteiger partial charge in [-0.25, -0.2) is 19.6 Å². The number of amides is 1. The van der Waals surface area contributed by atoms with Crippen molar-refractivity contribution >= 4 is 17.9 Å². The Morgan fingerprint density at radius 2 is 2.00 bits per heavy atom. The monoisotopic (exact) mass is 362 g/mol. The molecule has 8 nitrogen and oxygen atoms in total. The summed E-state index contributed by atoms with van der Waals surface area (Å²) >= 11 is 0. The molecule has 1 unspecified atom stereocenters. The average Bonchev–Trinajstić information content (AvgIpc) is 3.22. The van der Waals surface area contributed by atoms with E-state index in [1.54, 1.807) is 4.90 Å². The first-order valence-corrected chi connectivity index (χ1v) is 8.89. The number of rotatable bonds is 4. The quantitative estimate of drug-likeness (QED) is 0.878. The second kappa shape index (κ2) is 6.41. The van der Waals surface area contributed by atoms with E-state index >= 15 is 0 Å². The molecule has 142 valence electrons. The van der Waals surface area contributed by atoms with Crippen molar-refractivity contribution < 1.29 is 19.4 Å². The Hall–Kier alpha value is -2.38. The molecule has 8 heteroatoms. The average molecular weight is 362 g/mol. The van der Waals surface area contributed by atoms with Gasteiger partial charge in [0.2, 0.25) is 0 Å². The highest BCUT2D eigenvalue weighted by Crippen LogP contribution is 2.51. The van der Waals surface area contributed by atoms with Gasteiger partial charge in [0.05, 0.1) is 17.9 Å². The van der Waals surface area contributed by atoms with Gasteiger partial charge in [0.15, 0.2) is 5.69 Å². The number of hydrogen-bond donors (Lipinski definition) is 1. The van der Waals surface area contributed by atoms with Crippen LogP contribution in [0.1, 0.15) is 50.5 Å². The van der Waals surface area contributed by atoms with Gasteiger partial charge < -0.3 is 19.6 Å². The normalized spacial score (nSPS) is 21.4. The molecule has 1 atom stereocenters. The van der Waals surface area contributed by atoms with Crippen molar-refractivity contribution in [3.63, 3.8) is 0 Å². The maximum atomic E-state index is 12.5. The summed E-state index contributed by atoms with van der Waals surface area (Å²) in [5.74, 6) is -0.0755. The highest BCUT2D eigenvalue weighted by molar-refractivity contribution is 5.84. The number of ether oxygens (including phenoxy) is 1. The van der Waals surface area contributed by atoms with Gasteiger partial charge >= 0.3 is 12.1 Å². The number of nitrogens with zero attached hydrogens (tertiary/aromatic N) is 4. The lowest BCUT2D eigenvalue weighted by Gasteiger charge is -2.34. The fourth-order valence-electron chi connectivity index (χ4n) is 3.66. The summed E-state index contributed by atoms with van der Waals surface area (Å²) in [6.45, 7) is 7.20. The number of carboxylic acids is 1. The molecule has 1 aliphatic heterocycles. The minimum atomic E-state index is -1.08. The summed E-state index contributed by atoms with van der Waals surface area (Å²) in [6, 6.07) is 0. The summed E-state index contributed by atoms with van der Waals surface area (Å²) < 4.78 is 5.53. The predicted molar refractivity (Wildman–Crippen MR) is 95.3 cm³/mol. The zero-order chi connectivity index (χ0) is 19.1. The largest absolute Gasteiger partial charge is 0.476 e. The van der Waals surface area contributed by atoms with Crippen LogP contribution >= 0.6 is 0 Å². The van der Waals surface area contributed by atoms with Crippen LogP contribution in [0, 0.1) is 5.92 Å².